The number of benzene rings is 1. The van der Waals surface area contributed by atoms with Crippen LogP contribution >= 0.6 is 0 Å². The lowest BCUT2D eigenvalue weighted by Crippen LogP contribution is -2.40. The van der Waals surface area contributed by atoms with Crippen LogP contribution in [0.5, 0.6) is 0 Å². The van der Waals surface area contributed by atoms with Crippen molar-refractivity contribution < 1.29 is 13.6 Å². The zero-order valence-electron chi connectivity index (χ0n) is 10.2. The van der Waals surface area contributed by atoms with E-state index in [9.17, 15) is 13.6 Å². The molecule has 1 saturated heterocycles. The number of carbonyl (C=O) groups is 1. The average molecular weight is 254 g/mol. The molecular weight excluding hydrogens is 238 g/mol. The van der Waals surface area contributed by atoms with E-state index >= 15 is 0 Å². The summed E-state index contributed by atoms with van der Waals surface area (Å²) < 4.78 is 26.4. The lowest BCUT2D eigenvalue weighted by Gasteiger charge is -2.16. The van der Waals surface area contributed by atoms with Crippen LogP contribution in [-0.4, -0.2) is 25.0 Å². The number of carbonyl (C=O) groups excluding carboxylic acids is 1. The zero-order valence-corrected chi connectivity index (χ0v) is 10.2. The zero-order chi connectivity index (χ0) is 13.1. The first-order chi connectivity index (χ1) is 8.58. The Balaban J connectivity index is 1.97. The van der Waals surface area contributed by atoms with Gasteiger partial charge in [0, 0.05) is 18.2 Å². The van der Waals surface area contributed by atoms with Crippen LogP contribution < -0.4 is 10.6 Å². The molecule has 0 bridgehead atoms. The summed E-state index contributed by atoms with van der Waals surface area (Å²) in [5, 5.41) is 6.00. The first kappa shape index (κ1) is 13.0. The second-order valence-corrected chi connectivity index (χ2v) is 4.70. The number of halogens is 2. The highest BCUT2D eigenvalue weighted by molar-refractivity contribution is 5.79. The van der Waals surface area contributed by atoms with E-state index in [1.807, 2.05) is 6.92 Å². The number of hydrogen-bond donors (Lipinski definition) is 2. The largest absolute Gasteiger partial charge is 0.351 e. The lowest BCUT2D eigenvalue weighted by molar-refractivity contribution is -0.121. The maximum Gasteiger partial charge on any atom is 0.224 e. The first-order valence-corrected chi connectivity index (χ1v) is 6.01. The van der Waals surface area contributed by atoms with Crippen LogP contribution in [-0.2, 0) is 11.2 Å². The van der Waals surface area contributed by atoms with Crippen LogP contribution in [0.2, 0.25) is 0 Å². The minimum atomic E-state index is -0.940. The van der Waals surface area contributed by atoms with Crippen molar-refractivity contribution in [2.75, 3.05) is 13.1 Å². The quantitative estimate of drug-likeness (QED) is 0.852. The van der Waals surface area contributed by atoms with Gasteiger partial charge in [-0.1, -0.05) is 19.1 Å². The molecular formula is C13H16F2N2O. The normalized spacial score (nSPS) is 23.1. The monoisotopic (exact) mass is 254 g/mol. The summed E-state index contributed by atoms with van der Waals surface area (Å²) in [6, 6.07) is 3.93. The number of rotatable bonds is 3. The van der Waals surface area contributed by atoms with Gasteiger partial charge in [0.1, 0.15) is 0 Å². The minimum absolute atomic E-state index is 0.0640. The summed E-state index contributed by atoms with van der Waals surface area (Å²) in [6.07, 6.45) is -0.132. The minimum Gasteiger partial charge on any atom is -0.351 e. The maximum atomic E-state index is 13.4. The summed E-state index contributed by atoms with van der Waals surface area (Å²) in [7, 11) is 0. The van der Waals surface area contributed by atoms with Gasteiger partial charge in [-0.2, -0.15) is 0 Å². The van der Waals surface area contributed by atoms with Crippen LogP contribution in [0.1, 0.15) is 12.5 Å². The Labute approximate surface area is 105 Å². The molecule has 1 fully saturated rings. The van der Waals surface area contributed by atoms with Crippen LogP contribution in [0.4, 0.5) is 8.78 Å². The smallest absolute Gasteiger partial charge is 0.224 e. The molecule has 1 aromatic rings. The fourth-order valence-electron chi connectivity index (χ4n) is 2.12. The molecule has 2 unspecified atom stereocenters. The molecule has 1 aromatic carbocycles. The topological polar surface area (TPSA) is 41.1 Å². The summed E-state index contributed by atoms with van der Waals surface area (Å²) in [5.41, 5.74) is 0.0890. The van der Waals surface area contributed by atoms with Gasteiger partial charge >= 0.3 is 0 Å². The van der Waals surface area contributed by atoms with Crippen LogP contribution in [0.3, 0.4) is 0 Å². The predicted molar refractivity (Wildman–Crippen MR) is 64.0 cm³/mol. The summed E-state index contributed by atoms with van der Waals surface area (Å²) in [4.78, 5) is 11.7. The van der Waals surface area contributed by atoms with Crippen molar-refractivity contribution in [1.82, 2.24) is 10.6 Å². The van der Waals surface area contributed by atoms with Crippen molar-refractivity contribution in [1.29, 1.82) is 0 Å². The molecule has 0 spiro atoms. The van der Waals surface area contributed by atoms with Crippen molar-refractivity contribution in [3.63, 3.8) is 0 Å². The van der Waals surface area contributed by atoms with E-state index in [0.29, 0.717) is 5.92 Å². The van der Waals surface area contributed by atoms with E-state index in [2.05, 4.69) is 10.6 Å². The molecule has 1 aliphatic rings. The molecule has 1 heterocycles. The van der Waals surface area contributed by atoms with Crippen molar-refractivity contribution in [2.24, 2.45) is 5.92 Å². The van der Waals surface area contributed by atoms with Crippen molar-refractivity contribution in [3.05, 3.63) is 35.4 Å². The van der Waals surface area contributed by atoms with Crippen LogP contribution in [0.15, 0.2) is 18.2 Å². The molecule has 3 nitrogen and oxygen atoms in total. The number of nitrogens with one attached hydrogen (secondary N) is 2. The highest BCUT2D eigenvalue weighted by Crippen LogP contribution is 2.13. The third-order valence-electron chi connectivity index (χ3n) is 3.25. The average Bonchev–Trinajstić information content (AvgIpc) is 2.71. The third-order valence-corrected chi connectivity index (χ3v) is 3.25. The summed E-state index contributed by atoms with van der Waals surface area (Å²) >= 11 is 0. The lowest BCUT2D eigenvalue weighted by atomic mass is 10.1. The fourth-order valence-corrected chi connectivity index (χ4v) is 2.12. The molecule has 0 aromatic heterocycles. The fraction of sp³-hybridized carbons (Fsp3) is 0.462. The van der Waals surface area contributed by atoms with Gasteiger partial charge in [-0.3, -0.25) is 4.79 Å². The van der Waals surface area contributed by atoms with Gasteiger partial charge in [-0.25, -0.2) is 8.78 Å². The van der Waals surface area contributed by atoms with Gasteiger partial charge in [-0.15, -0.1) is 0 Å². The summed E-state index contributed by atoms with van der Waals surface area (Å²) in [6.45, 7) is 3.62. The molecule has 2 N–H and O–H groups in total. The first-order valence-electron chi connectivity index (χ1n) is 6.01. The Morgan fingerprint density at radius 2 is 2.22 bits per heavy atom. The molecule has 2 rings (SSSR count). The maximum absolute atomic E-state index is 13.4. The molecule has 2 atom stereocenters. The predicted octanol–water partition coefficient (Wildman–Crippen LogP) is 1.23. The Morgan fingerprint density at radius 3 is 2.89 bits per heavy atom. The van der Waals surface area contributed by atoms with Crippen molar-refractivity contribution >= 4 is 5.91 Å². The molecule has 1 amide bonds. The highest BCUT2D eigenvalue weighted by Gasteiger charge is 2.24. The Kier molecular flexibility index (Phi) is 3.91. The second-order valence-electron chi connectivity index (χ2n) is 4.70. The molecule has 5 heteroatoms. The van der Waals surface area contributed by atoms with Gasteiger partial charge in [0.05, 0.1) is 6.42 Å². The number of amides is 1. The van der Waals surface area contributed by atoms with E-state index < -0.39 is 11.6 Å². The van der Waals surface area contributed by atoms with Crippen LogP contribution in [0.25, 0.3) is 0 Å². The standard InChI is InChI=1S/C13H16F2N2O/c1-8-6-16-7-11(8)17-12(18)5-9-3-2-4-10(14)13(9)15/h2-4,8,11,16H,5-7H2,1H3,(H,17,18). The van der Waals surface area contributed by atoms with Gasteiger partial charge in [0.25, 0.3) is 0 Å². The van der Waals surface area contributed by atoms with Gasteiger partial charge < -0.3 is 10.6 Å². The molecule has 0 aliphatic carbocycles. The van der Waals surface area contributed by atoms with E-state index in [4.69, 9.17) is 0 Å². The van der Waals surface area contributed by atoms with Crippen molar-refractivity contribution in [2.45, 2.75) is 19.4 Å². The second kappa shape index (κ2) is 5.44. The molecule has 18 heavy (non-hydrogen) atoms. The van der Waals surface area contributed by atoms with E-state index in [1.165, 1.54) is 12.1 Å². The van der Waals surface area contributed by atoms with E-state index in [-0.39, 0.29) is 23.9 Å². The van der Waals surface area contributed by atoms with Gasteiger partial charge in [-0.05, 0) is 18.5 Å². The van der Waals surface area contributed by atoms with Gasteiger partial charge in [0.2, 0.25) is 5.91 Å². The van der Waals surface area contributed by atoms with E-state index in [0.717, 1.165) is 19.2 Å². The van der Waals surface area contributed by atoms with Crippen molar-refractivity contribution in [3.8, 4) is 0 Å². The Hall–Kier alpha value is -1.49. The summed E-state index contributed by atoms with van der Waals surface area (Å²) in [5.74, 6) is -1.78. The SMILES string of the molecule is CC1CNCC1NC(=O)Cc1cccc(F)c1F. The van der Waals surface area contributed by atoms with Gasteiger partial charge in [0.15, 0.2) is 11.6 Å². The Bertz CT molecular complexity index is 451. The molecule has 0 radical (unpaired) electrons. The molecule has 0 saturated carbocycles. The molecule has 1 aliphatic heterocycles. The van der Waals surface area contributed by atoms with Crippen LogP contribution in [0, 0.1) is 17.6 Å². The third kappa shape index (κ3) is 2.85. The van der Waals surface area contributed by atoms with E-state index in [1.54, 1.807) is 0 Å². The highest BCUT2D eigenvalue weighted by atomic mass is 19.2. The molecule has 98 valence electrons. The Morgan fingerprint density at radius 1 is 1.44 bits per heavy atom. The number of hydrogen-bond acceptors (Lipinski definition) is 2.